The lowest BCUT2D eigenvalue weighted by Crippen LogP contribution is -2.11. The SMILES string of the molecule is COc1ccc(C(=O)Nc2nnc(SCc3cccc(Cl)c3F)s2)cc1. The van der Waals surface area contributed by atoms with Crippen molar-refractivity contribution in [3.05, 3.63) is 64.4 Å². The normalized spacial score (nSPS) is 10.6. The first-order chi connectivity index (χ1) is 12.6. The second-order valence-corrected chi connectivity index (χ2v) is 7.66. The third-order valence-electron chi connectivity index (χ3n) is 3.36. The van der Waals surface area contributed by atoms with Crippen molar-refractivity contribution in [3.8, 4) is 5.75 Å². The molecule has 0 aliphatic rings. The molecule has 5 nitrogen and oxygen atoms in total. The van der Waals surface area contributed by atoms with Crippen molar-refractivity contribution in [2.75, 3.05) is 12.4 Å². The zero-order valence-corrected chi connectivity index (χ0v) is 15.9. The van der Waals surface area contributed by atoms with Gasteiger partial charge in [-0.25, -0.2) is 4.39 Å². The lowest BCUT2D eigenvalue weighted by Gasteiger charge is -2.03. The highest BCUT2D eigenvalue weighted by Gasteiger charge is 2.12. The Morgan fingerprint density at radius 3 is 2.77 bits per heavy atom. The van der Waals surface area contributed by atoms with Gasteiger partial charge in [0.2, 0.25) is 5.13 Å². The van der Waals surface area contributed by atoms with Gasteiger partial charge in [-0.3, -0.25) is 10.1 Å². The number of methoxy groups -OCH3 is 1. The molecular formula is C17H13ClFN3O2S2. The highest BCUT2D eigenvalue weighted by molar-refractivity contribution is 8.00. The van der Waals surface area contributed by atoms with Gasteiger partial charge >= 0.3 is 0 Å². The maximum Gasteiger partial charge on any atom is 0.257 e. The second-order valence-electron chi connectivity index (χ2n) is 5.06. The molecule has 134 valence electrons. The first kappa shape index (κ1) is 18.6. The van der Waals surface area contributed by atoms with Gasteiger partial charge in [0.05, 0.1) is 12.1 Å². The maximum absolute atomic E-state index is 13.9. The van der Waals surface area contributed by atoms with Crippen LogP contribution in [0.15, 0.2) is 46.8 Å². The lowest BCUT2D eigenvalue weighted by atomic mass is 10.2. The molecule has 26 heavy (non-hydrogen) atoms. The van der Waals surface area contributed by atoms with E-state index in [1.807, 2.05) is 0 Å². The van der Waals surface area contributed by atoms with Crippen LogP contribution in [0.4, 0.5) is 9.52 Å². The molecule has 0 atom stereocenters. The highest BCUT2D eigenvalue weighted by Crippen LogP contribution is 2.30. The number of ether oxygens (including phenoxy) is 1. The Kier molecular flexibility index (Phi) is 6.08. The molecule has 1 aromatic heterocycles. The summed E-state index contributed by atoms with van der Waals surface area (Å²) in [5, 5.41) is 11.1. The fourth-order valence-corrected chi connectivity index (χ4v) is 3.95. The molecule has 0 saturated heterocycles. The molecule has 0 radical (unpaired) electrons. The molecule has 3 aromatic rings. The second kappa shape index (κ2) is 8.48. The number of anilines is 1. The van der Waals surface area contributed by atoms with Crippen molar-refractivity contribution in [3.63, 3.8) is 0 Å². The van der Waals surface area contributed by atoms with Gasteiger partial charge in [0.1, 0.15) is 11.6 Å². The van der Waals surface area contributed by atoms with E-state index in [0.717, 1.165) is 0 Å². The zero-order valence-electron chi connectivity index (χ0n) is 13.5. The van der Waals surface area contributed by atoms with Gasteiger partial charge in [0.15, 0.2) is 4.34 Å². The largest absolute Gasteiger partial charge is 0.497 e. The molecule has 1 heterocycles. The Bertz CT molecular complexity index is 919. The number of thioether (sulfide) groups is 1. The molecule has 0 aliphatic carbocycles. The number of nitrogens with zero attached hydrogens (tertiary/aromatic N) is 2. The third kappa shape index (κ3) is 4.51. The minimum atomic E-state index is -0.431. The summed E-state index contributed by atoms with van der Waals surface area (Å²) >= 11 is 8.31. The predicted octanol–water partition coefficient (Wildman–Crippen LogP) is 4.88. The van der Waals surface area contributed by atoms with Crippen LogP contribution in [0.25, 0.3) is 0 Å². The summed E-state index contributed by atoms with van der Waals surface area (Å²) in [4.78, 5) is 12.2. The van der Waals surface area contributed by atoms with Gasteiger partial charge in [-0.2, -0.15) is 0 Å². The molecule has 1 N–H and O–H groups in total. The van der Waals surface area contributed by atoms with Gasteiger partial charge in [-0.05, 0) is 35.9 Å². The molecule has 2 aromatic carbocycles. The van der Waals surface area contributed by atoms with Crippen LogP contribution in [-0.2, 0) is 5.75 Å². The van der Waals surface area contributed by atoms with E-state index in [2.05, 4.69) is 15.5 Å². The fraction of sp³-hybridized carbons (Fsp3) is 0.118. The van der Waals surface area contributed by atoms with Crippen molar-refractivity contribution >= 4 is 45.7 Å². The van der Waals surface area contributed by atoms with E-state index in [9.17, 15) is 9.18 Å². The summed E-state index contributed by atoms with van der Waals surface area (Å²) in [5.74, 6) is 0.317. The highest BCUT2D eigenvalue weighted by atomic mass is 35.5. The van der Waals surface area contributed by atoms with Gasteiger partial charge in [0, 0.05) is 11.3 Å². The number of nitrogens with one attached hydrogen (secondary N) is 1. The Balaban J connectivity index is 1.60. The van der Waals surface area contributed by atoms with E-state index < -0.39 is 5.82 Å². The van der Waals surface area contributed by atoms with Crippen LogP contribution >= 0.6 is 34.7 Å². The van der Waals surface area contributed by atoms with Gasteiger partial charge < -0.3 is 4.74 Å². The van der Waals surface area contributed by atoms with E-state index >= 15 is 0 Å². The number of amides is 1. The molecule has 1 amide bonds. The summed E-state index contributed by atoms with van der Waals surface area (Å²) < 4.78 is 19.6. The number of benzene rings is 2. The number of aromatic nitrogens is 2. The van der Waals surface area contributed by atoms with Crippen LogP contribution in [0.1, 0.15) is 15.9 Å². The molecule has 0 unspecified atom stereocenters. The van der Waals surface area contributed by atoms with E-state index in [4.69, 9.17) is 16.3 Å². The summed E-state index contributed by atoms with van der Waals surface area (Å²) in [6.45, 7) is 0. The first-order valence-electron chi connectivity index (χ1n) is 7.41. The smallest absolute Gasteiger partial charge is 0.257 e. The summed E-state index contributed by atoms with van der Waals surface area (Å²) in [6.07, 6.45) is 0. The molecule has 9 heteroatoms. The summed E-state index contributed by atoms with van der Waals surface area (Å²) in [6, 6.07) is 11.6. The lowest BCUT2D eigenvalue weighted by molar-refractivity contribution is 0.102. The van der Waals surface area contributed by atoms with E-state index in [-0.39, 0.29) is 10.9 Å². The molecule has 0 aliphatic heterocycles. The molecule has 0 spiro atoms. The Labute approximate surface area is 162 Å². The average molecular weight is 410 g/mol. The van der Waals surface area contributed by atoms with Crippen LogP contribution in [0.2, 0.25) is 5.02 Å². The monoisotopic (exact) mass is 409 g/mol. The topological polar surface area (TPSA) is 64.1 Å². The van der Waals surface area contributed by atoms with Crippen LogP contribution in [0, 0.1) is 5.82 Å². The summed E-state index contributed by atoms with van der Waals surface area (Å²) in [5.41, 5.74) is 0.970. The van der Waals surface area contributed by atoms with Gasteiger partial charge in [0.25, 0.3) is 5.91 Å². The van der Waals surface area contributed by atoms with E-state index in [1.54, 1.807) is 43.5 Å². The number of hydrogen-bond acceptors (Lipinski definition) is 6. The van der Waals surface area contributed by atoms with Crippen molar-refractivity contribution in [2.45, 2.75) is 10.1 Å². The number of carbonyl (C=O) groups excluding carboxylic acids is 1. The Morgan fingerprint density at radius 2 is 2.04 bits per heavy atom. The molecule has 0 bridgehead atoms. The first-order valence-corrected chi connectivity index (χ1v) is 9.59. The Hall–Kier alpha value is -2.16. The quantitative estimate of drug-likeness (QED) is 0.464. The van der Waals surface area contributed by atoms with Crippen LogP contribution in [0.3, 0.4) is 0 Å². The number of carbonyl (C=O) groups is 1. The summed E-state index contributed by atoms with van der Waals surface area (Å²) in [7, 11) is 1.56. The number of halogens is 2. The van der Waals surface area contributed by atoms with Crippen LogP contribution in [-0.4, -0.2) is 23.2 Å². The standard InChI is InChI=1S/C17H13ClFN3O2S2/c1-24-12-7-5-10(6-8-12)15(23)20-16-21-22-17(26-16)25-9-11-3-2-4-13(18)14(11)19/h2-8H,9H2,1H3,(H,20,21,23). The van der Waals surface area contributed by atoms with Crippen LogP contribution < -0.4 is 10.1 Å². The predicted molar refractivity (Wildman–Crippen MR) is 102 cm³/mol. The Morgan fingerprint density at radius 1 is 1.27 bits per heavy atom. The zero-order chi connectivity index (χ0) is 18.5. The van der Waals surface area contributed by atoms with Crippen molar-refractivity contribution in [1.29, 1.82) is 0 Å². The van der Waals surface area contributed by atoms with E-state index in [0.29, 0.717) is 32.1 Å². The van der Waals surface area contributed by atoms with Crippen LogP contribution in [0.5, 0.6) is 5.75 Å². The van der Waals surface area contributed by atoms with Crippen molar-refractivity contribution in [2.24, 2.45) is 0 Å². The minimum Gasteiger partial charge on any atom is -0.497 e. The van der Waals surface area contributed by atoms with Gasteiger partial charge in [-0.1, -0.05) is 46.8 Å². The minimum absolute atomic E-state index is 0.0906. The molecule has 3 rings (SSSR count). The molecule has 0 saturated carbocycles. The van der Waals surface area contributed by atoms with Crippen molar-refractivity contribution < 1.29 is 13.9 Å². The number of rotatable bonds is 6. The molecular weight excluding hydrogens is 397 g/mol. The third-order valence-corrected chi connectivity index (χ3v) is 5.67. The molecule has 0 fully saturated rings. The van der Waals surface area contributed by atoms with Crippen molar-refractivity contribution in [1.82, 2.24) is 10.2 Å². The fourth-order valence-electron chi connectivity index (χ4n) is 2.03. The average Bonchev–Trinajstić information content (AvgIpc) is 3.10. The van der Waals surface area contributed by atoms with E-state index in [1.165, 1.54) is 29.2 Å². The van der Waals surface area contributed by atoms with Gasteiger partial charge in [-0.15, -0.1) is 10.2 Å². The maximum atomic E-state index is 13.9. The number of hydrogen-bond donors (Lipinski definition) is 1.